The van der Waals surface area contributed by atoms with E-state index in [0.717, 1.165) is 28.0 Å². The number of hydrogen-bond donors (Lipinski definition) is 1. The standard InChI is InChI=1S/C23H23NO6S/c1-6-29-22(26)18-14(4)19(23(27)28-5)31-21(18)24-20(25)17-10-9-16(30-17)15-8-7-12(2)13(3)11-15/h7-11H,6H2,1-5H3,(H,24,25). The molecule has 0 spiro atoms. The van der Waals surface area contributed by atoms with Crippen LogP contribution in [0.2, 0.25) is 0 Å². The van der Waals surface area contributed by atoms with Crippen molar-refractivity contribution in [2.75, 3.05) is 19.0 Å². The van der Waals surface area contributed by atoms with Crippen molar-refractivity contribution in [2.45, 2.75) is 27.7 Å². The first-order valence-electron chi connectivity index (χ1n) is 9.64. The molecular weight excluding hydrogens is 418 g/mol. The molecule has 0 aliphatic rings. The van der Waals surface area contributed by atoms with Gasteiger partial charge in [-0.3, -0.25) is 4.79 Å². The second-order valence-corrected chi connectivity index (χ2v) is 7.91. The third-order valence-corrected chi connectivity index (χ3v) is 6.03. The Labute approximate surface area is 184 Å². The Bertz CT molecular complexity index is 1160. The molecule has 1 aromatic carbocycles. The molecule has 3 aromatic rings. The quantitative estimate of drug-likeness (QED) is 0.532. The lowest BCUT2D eigenvalue weighted by molar-refractivity contribution is 0.0527. The van der Waals surface area contributed by atoms with Crippen LogP contribution < -0.4 is 5.32 Å². The average molecular weight is 442 g/mol. The number of methoxy groups -OCH3 is 1. The van der Waals surface area contributed by atoms with Gasteiger partial charge in [0.05, 0.1) is 19.3 Å². The molecule has 0 unspecified atom stereocenters. The Morgan fingerprint density at radius 1 is 1.03 bits per heavy atom. The highest BCUT2D eigenvalue weighted by atomic mass is 32.1. The highest BCUT2D eigenvalue weighted by Gasteiger charge is 2.27. The minimum Gasteiger partial charge on any atom is -0.465 e. The average Bonchev–Trinajstić information content (AvgIpc) is 3.35. The third kappa shape index (κ3) is 4.54. The monoisotopic (exact) mass is 441 g/mol. The maximum absolute atomic E-state index is 12.8. The van der Waals surface area contributed by atoms with Gasteiger partial charge in [0.15, 0.2) is 5.76 Å². The van der Waals surface area contributed by atoms with Gasteiger partial charge in [0, 0.05) is 5.56 Å². The minimum absolute atomic E-state index is 0.0775. The summed E-state index contributed by atoms with van der Waals surface area (Å²) in [6, 6.07) is 9.17. The van der Waals surface area contributed by atoms with Crippen molar-refractivity contribution in [3.8, 4) is 11.3 Å². The van der Waals surface area contributed by atoms with Crippen LogP contribution in [0.25, 0.3) is 11.3 Å². The number of carbonyl (C=O) groups is 3. The van der Waals surface area contributed by atoms with Gasteiger partial charge in [0.25, 0.3) is 5.91 Å². The van der Waals surface area contributed by atoms with Crippen LogP contribution in [0.4, 0.5) is 5.00 Å². The number of amides is 1. The van der Waals surface area contributed by atoms with Crippen LogP contribution in [0.15, 0.2) is 34.7 Å². The Morgan fingerprint density at radius 2 is 1.77 bits per heavy atom. The Morgan fingerprint density at radius 3 is 2.42 bits per heavy atom. The number of benzene rings is 1. The number of furan rings is 1. The number of aryl methyl sites for hydroxylation is 2. The van der Waals surface area contributed by atoms with E-state index in [1.165, 1.54) is 7.11 Å². The summed E-state index contributed by atoms with van der Waals surface area (Å²) in [5.41, 5.74) is 3.65. The lowest BCUT2D eigenvalue weighted by atomic mass is 10.1. The largest absolute Gasteiger partial charge is 0.465 e. The molecule has 7 nitrogen and oxygen atoms in total. The molecule has 2 heterocycles. The lowest BCUT2D eigenvalue weighted by Crippen LogP contribution is -2.14. The molecule has 1 N–H and O–H groups in total. The molecule has 0 bridgehead atoms. The van der Waals surface area contributed by atoms with Gasteiger partial charge in [-0.2, -0.15) is 0 Å². The Balaban J connectivity index is 1.91. The molecule has 8 heteroatoms. The highest BCUT2D eigenvalue weighted by molar-refractivity contribution is 7.18. The molecule has 162 valence electrons. The number of carbonyl (C=O) groups excluding carboxylic acids is 3. The van der Waals surface area contributed by atoms with Crippen molar-refractivity contribution < 1.29 is 28.3 Å². The summed E-state index contributed by atoms with van der Waals surface area (Å²) in [6.07, 6.45) is 0. The fraction of sp³-hybridized carbons (Fsp3) is 0.261. The molecular formula is C23H23NO6S. The minimum atomic E-state index is -0.628. The maximum atomic E-state index is 12.8. The van der Waals surface area contributed by atoms with E-state index in [9.17, 15) is 14.4 Å². The van der Waals surface area contributed by atoms with E-state index >= 15 is 0 Å². The molecule has 0 saturated carbocycles. The summed E-state index contributed by atoms with van der Waals surface area (Å²) in [5.74, 6) is -1.14. The normalized spacial score (nSPS) is 10.6. The van der Waals surface area contributed by atoms with Crippen molar-refractivity contribution in [3.05, 3.63) is 63.2 Å². The maximum Gasteiger partial charge on any atom is 0.348 e. The zero-order chi connectivity index (χ0) is 22.7. The van der Waals surface area contributed by atoms with Crippen LogP contribution in [0.1, 0.15) is 54.2 Å². The number of esters is 2. The van der Waals surface area contributed by atoms with Gasteiger partial charge in [-0.25, -0.2) is 9.59 Å². The zero-order valence-electron chi connectivity index (χ0n) is 18.0. The second kappa shape index (κ2) is 9.18. The summed E-state index contributed by atoms with van der Waals surface area (Å²) >= 11 is 0.954. The molecule has 0 fully saturated rings. The number of nitrogens with one attached hydrogen (secondary N) is 1. The summed E-state index contributed by atoms with van der Waals surface area (Å²) < 4.78 is 15.6. The lowest BCUT2D eigenvalue weighted by Gasteiger charge is -2.06. The van der Waals surface area contributed by atoms with Crippen LogP contribution in [0.5, 0.6) is 0 Å². The first-order chi connectivity index (χ1) is 14.8. The van der Waals surface area contributed by atoms with Gasteiger partial charge in [0.1, 0.15) is 15.6 Å². The van der Waals surface area contributed by atoms with Gasteiger partial charge in [-0.05, 0) is 62.6 Å². The van der Waals surface area contributed by atoms with Crippen LogP contribution in [0, 0.1) is 20.8 Å². The van der Waals surface area contributed by atoms with Gasteiger partial charge in [-0.1, -0.05) is 12.1 Å². The van der Waals surface area contributed by atoms with Crippen molar-refractivity contribution in [3.63, 3.8) is 0 Å². The smallest absolute Gasteiger partial charge is 0.348 e. The van der Waals surface area contributed by atoms with E-state index in [2.05, 4.69) is 5.32 Å². The summed E-state index contributed by atoms with van der Waals surface area (Å²) in [5, 5.41) is 2.87. The molecule has 1 amide bonds. The number of anilines is 1. The SMILES string of the molecule is CCOC(=O)c1c(NC(=O)c2ccc(-c3ccc(C)c(C)c3)o2)sc(C(=O)OC)c1C. The molecule has 2 aromatic heterocycles. The van der Waals surface area contributed by atoms with Crippen molar-refractivity contribution in [2.24, 2.45) is 0 Å². The molecule has 0 radical (unpaired) electrons. The molecule has 0 aliphatic heterocycles. The molecule has 31 heavy (non-hydrogen) atoms. The van der Waals surface area contributed by atoms with Gasteiger partial charge in [0.2, 0.25) is 0 Å². The van der Waals surface area contributed by atoms with Gasteiger partial charge < -0.3 is 19.2 Å². The van der Waals surface area contributed by atoms with Crippen LogP contribution in [-0.2, 0) is 9.47 Å². The predicted molar refractivity (Wildman–Crippen MR) is 118 cm³/mol. The number of hydrogen-bond acceptors (Lipinski definition) is 7. The fourth-order valence-corrected chi connectivity index (χ4v) is 4.12. The first kappa shape index (κ1) is 22.3. The van der Waals surface area contributed by atoms with Gasteiger partial charge >= 0.3 is 11.9 Å². The molecule has 0 atom stereocenters. The second-order valence-electron chi connectivity index (χ2n) is 6.89. The van der Waals surface area contributed by atoms with E-state index in [-0.39, 0.29) is 27.8 Å². The van der Waals surface area contributed by atoms with Crippen LogP contribution in [0.3, 0.4) is 0 Å². The predicted octanol–water partition coefficient (Wildman–Crippen LogP) is 5.15. The Hall–Kier alpha value is -3.39. The van der Waals surface area contributed by atoms with Crippen LogP contribution >= 0.6 is 11.3 Å². The molecule has 3 rings (SSSR count). The summed E-state index contributed by atoms with van der Waals surface area (Å²) in [4.78, 5) is 37.5. The van der Waals surface area contributed by atoms with Crippen molar-refractivity contribution in [1.82, 2.24) is 0 Å². The number of thiophene rings is 1. The van der Waals surface area contributed by atoms with Crippen molar-refractivity contribution >= 4 is 34.2 Å². The first-order valence-corrected chi connectivity index (χ1v) is 10.5. The molecule has 0 saturated heterocycles. The van der Waals surface area contributed by atoms with Crippen molar-refractivity contribution in [1.29, 1.82) is 0 Å². The van der Waals surface area contributed by atoms with E-state index in [0.29, 0.717) is 11.3 Å². The topological polar surface area (TPSA) is 94.8 Å². The third-order valence-electron chi connectivity index (χ3n) is 4.85. The Kier molecular flexibility index (Phi) is 6.60. The summed E-state index contributed by atoms with van der Waals surface area (Å²) in [6.45, 7) is 7.47. The van der Waals surface area contributed by atoms with Gasteiger partial charge in [-0.15, -0.1) is 11.3 Å². The van der Waals surface area contributed by atoms with E-state index in [1.54, 1.807) is 26.0 Å². The van der Waals surface area contributed by atoms with E-state index in [1.807, 2.05) is 32.0 Å². The molecule has 0 aliphatic carbocycles. The zero-order valence-corrected chi connectivity index (χ0v) is 18.8. The van der Waals surface area contributed by atoms with E-state index < -0.39 is 17.8 Å². The van der Waals surface area contributed by atoms with E-state index in [4.69, 9.17) is 13.9 Å². The number of rotatable bonds is 6. The fourth-order valence-electron chi connectivity index (χ4n) is 3.01. The summed E-state index contributed by atoms with van der Waals surface area (Å²) in [7, 11) is 1.25. The van der Waals surface area contributed by atoms with Crippen LogP contribution in [-0.4, -0.2) is 31.6 Å². The highest BCUT2D eigenvalue weighted by Crippen LogP contribution is 2.35. The number of ether oxygens (including phenoxy) is 2.